The van der Waals surface area contributed by atoms with Gasteiger partial charge in [-0.3, -0.25) is 0 Å². The highest BCUT2D eigenvalue weighted by Gasteiger charge is 2.53. The van der Waals surface area contributed by atoms with E-state index < -0.39 is 70.4 Å². The van der Waals surface area contributed by atoms with Gasteiger partial charge in [0.2, 0.25) is 0 Å². The molecule has 0 saturated heterocycles. The van der Waals surface area contributed by atoms with Gasteiger partial charge in [-0.05, 0) is 166 Å². The van der Waals surface area contributed by atoms with Crippen molar-refractivity contribution >= 4 is 70.4 Å². The molecule has 0 heterocycles. The summed E-state index contributed by atoms with van der Waals surface area (Å²) in [5, 5.41) is 3.28. The number of hydrogen-bond acceptors (Lipinski definition) is 33. The first kappa shape index (κ1) is 160. The summed E-state index contributed by atoms with van der Waals surface area (Å²) in [5.74, 6) is 2.96. The monoisotopic (exact) mass is 2220 g/mol. The van der Waals surface area contributed by atoms with Crippen molar-refractivity contribution in [3.05, 3.63) is 0 Å². The van der Waals surface area contributed by atoms with Crippen LogP contribution in [0.25, 0.3) is 0 Å². The molecule has 0 aliphatic rings. The Kier molecular flexibility index (Phi) is 85.3. The lowest BCUT2D eigenvalue weighted by Crippen LogP contribution is -2.65. The fourth-order valence-electron chi connectivity index (χ4n) is 19.2. The Morgan fingerprint density at radius 3 is 0.653 bits per heavy atom. The topological polar surface area (TPSA) is 475 Å². The Morgan fingerprint density at radius 1 is 0.243 bits per heavy atom. The quantitative estimate of drug-likeness (QED) is 0.0199. The van der Waals surface area contributed by atoms with E-state index in [1.54, 1.807) is 149 Å². The molecular weight excluding hydrogens is 1970 g/mol. The first-order valence-corrected chi connectivity index (χ1v) is 69.3. The van der Waals surface area contributed by atoms with Crippen molar-refractivity contribution < 1.29 is 107 Å². The lowest BCUT2D eigenvalue weighted by Gasteiger charge is -2.52. The maximum atomic E-state index is 8.93. The highest BCUT2D eigenvalue weighted by molar-refractivity contribution is 6.63. The van der Waals surface area contributed by atoms with E-state index in [1.165, 1.54) is 25.7 Å². The first-order chi connectivity index (χ1) is 66.0. The van der Waals surface area contributed by atoms with Crippen molar-refractivity contribution in [3.8, 4) is 0 Å². The molecule has 0 amide bonds. The van der Waals surface area contributed by atoms with Gasteiger partial charge >= 0.3 is 70.4 Å². The van der Waals surface area contributed by atoms with Crippen LogP contribution in [-0.2, 0) is 92.9 Å². The maximum absolute atomic E-state index is 8.93. The minimum atomic E-state index is -3.90. The van der Waals surface area contributed by atoms with Crippen LogP contribution in [0.5, 0.6) is 0 Å². The zero-order valence-corrected chi connectivity index (χ0v) is 112. The fraction of sp³-hybridized carbons (Fsp3) is 1.00. The minimum Gasteiger partial charge on any atom is -0.390 e. The average Bonchev–Trinajstić information content (AvgIpc) is 0.709. The van der Waals surface area contributed by atoms with Gasteiger partial charge in [0, 0.05) is 249 Å². The molecule has 2 unspecified atom stereocenters. The van der Waals surface area contributed by atoms with E-state index >= 15 is 0 Å². The van der Waals surface area contributed by atoms with E-state index in [0.29, 0.717) is 55.0 Å². The van der Waals surface area contributed by atoms with Crippen LogP contribution in [0, 0.1) is 57.2 Å². The molecule has 0 aliphatic heterocycles. The molecule has 0 radical (unpaired) electrons. The maximum Gasteiger partial charge on any atom is 0.500 e. The Labute approximate surface area is 897 Å². The summed E-state index contributed by atoms with van der Waals surface area (Å²) >= 11 is 0. The molecule has 20 N–H and O–H groups in total. The summed E-state index contributed by atoms with van der Waals surface area (Å²) in [4.78, 5) is 26.8. The molecule has 880 valence electrons. The number of hydrogen-bond donors (Lipinski definition) is 12. The van der Waals surface area contributed by atoms with Crippen molar-refractivity contribution in [2.45, 2.75) is 454 Å². The van der Waals surface area contributed by atoms with Crippen LogP contribution in [0.2, 0.25) is 48.4 Å². The molecule has 2 atom stereocenters. The molecule has 0 aromatic rings. The normalized spacial score (nSPS) is 14.5. The van der Waals surface area contributed by atoms with E-state index in [2.05, 4.69) is 213 Å². The van der Waals surface area contributed by atoms with Crippen LogP contribution < -0.4 is 51.2 Å². The summed E-state index contributed by atoms with van der Waals surface area (Å²) in [6, 6.07) is 5.42. The molecule has 0 fully saturated rings. The van der Waals surface area contributed by atoms with Gasteiger partial charge in [-0.25, -0.2) is 0 Å². The Balaban J connectivity index is -0.000000245. The van der Waals surface area contributed by atoms with Crippen molar-refractivity contribution in [1.82, 2.24) is 5.32 Å². The molecule has 144 heavy (non-hydrogen) atoms. The summed E-state index contributed by atoms with van der Waals surface area (Å²) in [6.45, 7) is 66.6. The van der Waals surface area contributed by atoms with Crippen molar-refractivity contribution in [2.24, 2.45) is 103 Å². The molecule has 0 aromatic heterocycles. The van der Waals surface area contributed by atoms with Crippen LogP contribution in [0.15, 0.2) is 0 Å². The van der Waals surface area contributed by atoms with Gasteiger partial charge in [0.05, 0.1) is 0 Å². The third kappa shape index (κ3) is 58.6. The van der Waals surface area contributed by atoms with E-state index in [0.717, 1.165) is 164 Å². The largest absolute Gasteiger partial charge is 0.500 e. The predicted molar refractivity (Wildman–Crippen MR) is 618 cm³/mol. The second-order valence-electron chi connectivity index (χ2n) is 45.8. The standard InChI is InChI=1S/4C14H33NO3Si.C13H32N2O3Si.2C12H29NO3Si.C10H25NO3Si/c1-12(2,3)14(15,13(4,5)6)10-11-19(16-7,17-8)18-9;1-12(2)10-14(15,11-13(3)4)8-9-19(16-5,17-6)18-7;1-8-12(3)14(15,13(4)9-2)10-11-19(16-5,17-6)18-7;1-6-8-10-14(15,11-9-7-2)12-13-19(16-3,17-4)18-5;1-11(2,3)13(14,12(4,5)6)10-15-8-7-9-19(16,17)18;1-10(2)12(13,11(3)4)8-9-17(14-5,15-6)16-7;1-6-8-12(13,9-7-2)10-11-17(14-3,15-4)16-5;1-6-10(11,7-2)8-9-15(12-3,13-4)14-5/h10-11,15H2,1-9H3;2*12-13H,8-11,15H2,1-7H3;6-13,15H2,1-5H3;15-18H,7-10,14H2,1-6H3;10-11H,8-9,13H2,1-7H3;6-11,13H2,1-5H3;6-9,11H2,1-5H3. The van der Waals surface area contributed by atoms with Crippen LogP contribution in [0.1, 0.15) is 362 Å². The van der Waals surface area contributed by atoms with Crippen LogP contribution in [0.3, 0.4) is 0 Å². The average molecular weight is 2220 g/mol. The Bertz CT molecular complexity index is 2880. The van der Waals surface area contributed by atoms with E-state index in [9.17, 15) is 0 Å². The van der Waals surface area contributed by atoms with Crippen LogP contribution in [0.4, 0.5) is 0 Å². The smallest absolute Gasteiger partial charge is 0.390 e. The number of nitrogens with one attached hydrogen (secondary N) is 1. The van der Waals surface area contributed by atoms with E-state index in [4.69, 9.17) is 153 Å². The molecule has 0 saturated carbocycles. The molecule has 0 rings (SSSR count). The Morgan fingerprint density at radius 2 is 0.458 bits per heavy atom. The van der Waals surface area contributed by atoms with Crippen LogP contribution >= 0.6 is 0 Å². The first-order valence-electron chi connectivity index (χ1n) is 53.8. The second kappa shape index (κ2) is 77.0. The van der Waals surface area contributed by atoms with Gasteiger partial charge < -0.3 is 159 Å². The molecule has 0 aromatic carbocycles. The van der Waals surface area contributed by atoms with Crippen molar-refractivity contribution in [2.75, 3.05) is 162 Å². The molecule has 0 bridgehead atoms. The number of rotatable bonds is 70. The van der Waals surface area contributed by atoms with Gasteiger partial charge in [-0.2, -0.15) is 0 Å². The number of nitrogens with two attached hydrogens (primary N) is 8. The Hall–Kier alpha value is 0.415. The van der Waals surface area contributed by atoms with Gasteiger partial charge in [0.15, 0.2) is 0 Å². The summed E-state index contributed by atoms with van der Waals surface area (Å²) in [6.07, 6.45) is 24.0. The van der Waals surface area contributed by atoms with Crippen molar-refractivity contribution in [3.63, 3.8) is 0 Å². The zero-order chi connectivity index (χ0) is 115. The summed E-state index contributed by atoms with van der Waals surface area (Å²) in [5.41, 5.74) is 50.8. The summed E-state index contributed by atoms with van der Waals surface area (Å²) in [7, 11) is 13.2. The molecule has 0 aliphatic carbocycles. The van der Waals surface area contributed by atoms with Gasteiger partial charge in [0.1, 0.15) is 0 Å². The minimum absolute atomic E-state index is 0.0133. The lowest BCUT2D eigenvalue weighted by atomic mass is 9.59. The highest BCUT2D eigenvalue weighted by Crippen LogP contribution is 2.47. The molecular formula is C103H247N9O24Si8. The predicted octanol–water partition coefficient (Wildman–Crippen LogP) is 19.7. The van der Waals surface area contributed by atoms with Gasteiger partial charge in [-0.15, -0.1) is 0 Å². The third-order valence-corrected chi connectivity index (χ3v) is 51.3. The van der Waals surface area contributed by atoms with Gasteiger partial charge in [0.25, 0.3) is 0 Å². The van der Waals surface area contributed by atoms with E-state index in [1.807, 2.05) is 0 Å². The summed E-state index contributed by atoms with van der Waals surface area (Å²) < 4.78 is 115. The van der Waals surface area contributed by atoms with Crippen LogP contribution in [-0.4, -0.2) is 292 Å². The number of unbranched alkanes of at least 4 members (excludes halogenated alkanes) is 2. The lowest BCUT2D eigenvalue weighted by molar-refractivity contribution is 0.0465. The highest BCUT2D eigenvalue weighted by atomic mass is 28.4. The molecule has 33 nitrogen and oxygen atoms in total. The second-order valence-corrected chi connectivity index (χ2v) is 69.5. The third-order valence-electron chi connectivity index (χ3n) is 31.2. The SMILES string of the molecule is CC(C)(C)C(N)(CNCCC[Si](O)(O)O)C(C)(C)C.CCC(C)C(N)(CC[Si](OC)(OC)OC)C(C)CC.CCC(N)(CC)CC[Si](OC)(OC)OC.CCCC(N)(CCC)CC[Si](OC)(OC)OC.CCCCC(N)(CCCC)CC[Si](OC)(OC)OC.CO[Si](CCC(N)(C(C)(C)C)C(C)(C)C)(OC)OC.CO[Si](CCC(N)(C(C)C)C(C)C)(OC)OC.CO[Si](CCC(N)(CC(C)C)CC(C)C)(OC)OC. The molecule has 41 heteroatoms. The zero-order valence-electron chi connectivity index (χ0n) is 104. The van der Waals surface area contributed by atoms with E-state index in [-0.39, 0.29) is 72.0 Å². The van der Waals surface area contributed by atoms with Crippen molar-refractivity contribution in [1.29, 1.82) is 0 Å². The van der Waals surface area contributed by atoms with Gasteiger partial charge in [-0.1, -0.05) is 259 Å². The fourth-order valence-corrected chi connectivity index (χ4v) is 33.0. The molecule has 0 spiro atoms.